The summed E-state index contributed by atoms with van der Waals surface area (Å²) >= 11 is 0. The van der Waals surface area contributed by atoms with Gasteiger partial charge in [-0.3, -0.25) is 9.59 Å². The van der Waals surface area contributed by atoms with Crippen molar-refractivity contribution in [2.75, 3.05) is 0 Å². The number of hydrogen-bond acceptors (Lipinski definition) is 4. The molecule has 0 aliphatic heterocycles. The normalized spacial score (nSPS) is 19.0. The highest BCUT2D eigenvalue weighted by Crippen LogP contribution is 2.43. The Balaban J connectivity index is 1.73. The van der Waals surface area contributed by atoms with Gasteiger partial charge in [-0.05, 0) is 89.2 Å². The molecule has 4 heteroatoms. The number of rotatable bonds is 40. The Morgan fingerprint density at radius 1 is 0.408 bits per heavy atom. The minimum Gasteiger partial charge on any atom is -0.462 e. The number of hydrogen-bond donors (Lipinski definition) is 0. The van der Waals surface area contributed by atoms with E-state index in [0.717, 1.165) is 51.4 Å². The Morgan fingerprint density at radius 3 is 0.961 bits per heavy atom. The second-order valence-corrected chi connectivity index (χ2v) is 24.6. The Bertz CT molecular complexity index is 1850. The minimum absolute atomic E-state index is 0.0252. The molecular weight excluding hydrogens is 929 g/mol. The lowest BCUT2D eigenvalue weighted by Gasteiger charge is -2.37. The molecule has 0 fully saturated rings. The number of unbranched alkanes of at least 4 members (excludes halogenated alkanes) is 24. The molecule has 2 atom stereocenters. The van der Waals surface area contributed by atoms with Crippen LogP contribution in [0.4, 0.5) is 0 Å². The second-order valence-electron chi connectivity index (χ2n) is 24.6. The summed E-state index contributed by atoms with van der Waals surface area (Å²) in [7, 11) is 0. The molecule has 0 spiro atoms. The molecule has 0 N–H and O–H groups in total. The van der Waals surface area contributed by atoms with Gasteiger partial charge in [0, 0.05) is 25.7 Å². The lowest BCUT2D eigenvalue weighted by Crippen LogP contribution is -2.31. The quantitative estimate of drug-likeness (QED) is 0.0349. The highest BCUT2D eigenvalue weighted by atomic mass is 16.5. The van der Waals surface area contributed by atoms with Crippen LogP contribution in [0.1, 0.15) is 289 Å². The van der Waals surface area contributed by atoms with Gasteiger partial charge >= 0.3 is 11.9 Å². The third-order valence-electron chi connectivity index (χ3n) is 15.8. The highest BCUT2D eigenvalue weighted by Gasteiger charge is 2.35. The summed E-state index contributed by atoms with van der Waals surface area (Å²) in [6.45, 7) is 26.6. The highest BCUT2D eigenvalue weighted by molar-refractivity contribution is 5.70. The van der Waals surface area contributed by atoms with Gasteiger partial charge < -0.3 is 9.47 Å². The van der Waals surface area contributed by atoms with Crippen LogP contribution < -0.4 is 0 Å². The molecule has 2 aliphatic rings. The van der Waals surface area contributed by atoms with Crippen LogP contribution in [0.25, 0.3) is 0 Å². The molecule has 0 radical (unpaired) electrons. The lowest BCUT2D eigenvalue weighted by molar-refractivity contribution is -0.151. The van der Waals surface area contributed by atoms with Crippen LogP contribution in [-0.2, 0) is 19.1 Å². The molecule has 0 saturated carbocycles. The number of carbonyl (C=O) groups excluding carboxylic acids is 2. The largest absolute Gasteiger partial charge is 0.462 e. The fraction of sp³-hybridized carbons (Fsp3) is 0.667. The van der Waals surface area contributed by atoms with Crippen molar-refractivity contribution >= 4 is 11.9 Å². The fourth-order valence-electron chi connectivity index (χ4n) is 11.3. The molecule has 2 rings (SSSR count). The molecule has 0 amide bonds. The summed E-state index contributed by atoms with van der Waals surface area (Å²) in [5, 5.41) is 0. The molecular formula is C72H116O4. The molecule has 0 bridgehead atoms. The van der Waals surface area contributed by atoms with Crippen LogP contribution in [0.3, 0.4) is 0 Å². The van der Waals surface area contributed by atoms with Gasteiger partial charge in [0.15, 0.2) is 0 Å². The van der Waals surface area contributed by atoms with Crippen LogP contribution in [0.5, 0.6) is 0 Å². The van der Waals surface area contributed by atoms with E-state index in [1.165, 1.54) is 186 Å². The summed E-state index contributed by atoms with van der Waals surface area (Å²) in [4.78, 5) is 25.6. The van der Waals surface area contributed by atoms with E-state index >= 15 is 0 Å². The number of ether oxygens (including phenoxy) is 2. The molecule has 2 aliphatic carbocycles. The maximum absolute atomic E-state index is 12.8. The molecule has 0 heterocycles. The number of esters is 2. The Morgan fingerprint density at radius 2 is 0.671 bits per heavy atom. The van der Waals surface area contributed by atoms with Crippen molar-refractivity contribution in [3.63, 3.8) is 0 Å². The fourth-order valence-corrected chi connectivity index (χ4v) is 11.3. The zero-order valence-corrected chi connectivity index (χ0v) is 51.5. The van der Waals surface area contributed by atoms with Gasteiger partial charge in [-0.1, -0.05) is 314 Å². The monoisotopic (exact) mass is 1040 g/mol. The van der Waals surface area contributed by atoms with Gasteiger partial charge in [0.1, 0.15) is 12.2 Å². The molecule has 0 aromatic heterocycles. The average molecular weight is 1050 g/mol. The first kappa shape index (κ1) is 68.2. The smallest absolute Gasteiger partial charge is 0.306 e. The van der Waals surface area contributed by atoms with Crippen molar-refractivity contribution in [1.82, 2.24) is 0 Å². The number of carbonyl (C=O) groups is 2. The summed E-state index contributed by atoms with van der Waals surface area (Å²) in [6.07, 6.45) is 68.6. The molecule has 4 nitrogen and oxygen atoms in total. The summed E-state index contributed by atoms with van der Waals surface area (Å²) in [5.41, 5.74) is 9.98. The SMILES string of the molecule is CCCCCCCCCCCCCCCC(=O)OC1CC(C)=C(/C=C/C(C)=C/C=C/C(C)=C/C=C/C=C(C)/C=C/C=C(C)/C=C/C2=C(C)CC(OC(=O)CCCCCCCCCCCCCCC)CC2(C)C)C(C)(C)C1. The van der Waals surface area contributed by atoms with Gasteiger partial charge in [0.05, 0.1) is 0 Å². The van der Waals surface area contributed by atoms with E-state index in [-0.39, 0.29) is 35.0 Å². The summed E-state index contributed by atoms with van der Waals surface area (Å²) < 4.78 is 12.1. The van der Waals surface area contributed by atoms with E-state index in [1.54, 1.807) is 0 Å². The van der Waals surface area contributed by atoms with Gasteiger partial charge in [-0.15, -0.1) is 0 Å². The van der Waals surface area contributed by atoms with Crippen molar-refractivity contribution in [1.29, 1.82) is 0 Å². The second kappa shape index (κ2) is 41.2. The van der Waals surface area contributed by atoms with E-state index in [9.17, 15) is 9.59 Å². The van der Waals surface area contributed by atoms with Crippen molar-refractivity contribution in [3.8, 4) is 0 Å². The Labute approximate surface area is 470 Å². The standard InChI is InChI=1S/C72H116O4/c1-13-15-17-19-21-23-25-27-29-31-33-35-37-49-69(73)75-65-55-63(7)67(71(9,10)57-65)53-51-61(5)47-41-45-59(3)43-39-40-44-60(4)46-42-48-62(6)52-54-68-64(8)56-66(58-72(68,11)12)76-70(74)50-38-36-34-32-30-28-26-24-22-20-18-16-14-2/h39-48,51-54,65-66H,13-38,49-50,55-58H2,1-12H3/b40-39+,45-41+,46-42+,53-51+,54-52+,59-43+,60-44+,61-47+,62-48+. The van der Waals surface area contributed by atoms with Crippen LogP contribution in [0.2, 0.25) is 0 Å². The maximum Gasteiger partial charge on any atom is 0.306 e. The Hall–Kier alpha value is -3.92. The van der Waals surface area contributed by atoms with Crippen LogP contribution in [-0.4, -0.2) is 24.1 Å². The van der Waals surface area contributed by atoms with E-state index in [1.807, 2.05) is 0 Å². The van der Waals surface area contributed by atoms with E-state index in [2.05, 4.69) is 168 Å². The van der Waals surface area contributed by atoms with Crippen molar-refractivity contribution in [2.45, 2.75) is 301 Å². The van der Waals surface area contributed by atoms with Crippen LogP contribution in [0, 0.1) is 10.8 Å². The minimum atomic E-state index is -0.0573. The van der Waals surface area contributed by atoms with Gasteiger partial charge in [0.2, 0.25) is 0 Å². The molecule has 2 unspecified atom stereocenters. The first-order valence-electron chi connectivity index (χ1n) is 31.3. The predicted octanol–water partition coefficient (Wildman–Crippen LogP) is 22.6. The average Bonchev–Trinajstić information content (AvgIpc) is 3.34. The predicted molar refractivity (Wildman–Crippen MR) is 333 cm³/mol. The van der Waals surface area contributed by atoms with Crippen LogP contribution >= 0.6 is 0 Å². The van der Waals surface area contributed by atoms with Gasteiger partial charge in [-0.2, -0.15) is 0 Å². The third kappa shape index (κ3) is 32.7. The topological polar surface area (TPSA) is 52.6 Å². The molecule has 0 aromatic carbocycles. The third-order valence-corrected chi connectivity index (χ3v) is 15.8. The first-order chi connectivity index (χ1) is 36.5. The molecule has 0 aromatic rings. The zero-order valence-electron chi connectivity index (χ0n) is 51.5. The van der Waals surface area contributed by atoms with E-state index < -0.39 is 0 Å². The van der Waals surface area contributed by atoms with Gasteiger partial charge in [0.25, 0.3) is 0 Å². The zero-order chi connectivity index (χ0) is 55.9. The molecule has 0 saturated heterocycles. The Kier molecular flexibility index (Phi) is 36.9. The molecule has 428 valence electrons. The first-order valence-corrected chi connectivity index (χ1v) is 31.3. The van der Waals surface area contributed by atoms with Crippen molar-refractivity contribution in [3.05, 3.63) is 130 Å². The van der Waals surface area contributed by atoms with Gasteiger partial charge in [-0.25, -0.2) is 0 Å². The van der Waals surface area contributed by atoms with Crippen molar-refractivity contribution < 1.29 is 19.1 Å². The maximum atomic E-state index is 12.8. The van der Waals surface area contributed by atoms with E-state index in [4.69, 9.17) is 9.47 Å². The van der Waals surface area contributed by atoms with E-state index in [0.29, 0.717) is 12.8 Å². The molecule has 76 heavy (non-hydrogen) atoms. The summed E-state index contributed by atoms with van der Waals surface area (Å²) in [5.74, 6) is -0.0504. The van der Waals surface area contributed by atoms with Crippen molar-refractivity contribution in [2.24, 2.45) is 10.8 Å². The summed E-state index contributed by atoms with van der Waals surface area (Å²) in [6, 6.07) is 0. The lowest BCUT2D eigenvalue weighted by atomic mass is 9.71. The number of allylic oxidation sites excluding steroid dienone is 20. The van der Waals surface area contributed by atoms with Crippen LogP contribution in [0.15, 0.2) is 130 Å².